The van der Waals surface area contributed by atoms with Crippen molar-refractivity contribution in [1.82, 2.24) is 15.2 Å². The van der Waals surface area contributed by atoms with Crippen molar-refractivity contribution in [3.63, 3.8) is 0 Å². The number of aromatic nitrogens is 1. The lowest BCUT2D eigenvalue weighted by atomic mass is 9.94. The summed E-state index contributed by atoms with van der Waals surface area (Å²) in [6.07, 6.45) is 1.80. The zero-order valence-electron chi connectivity index (χ0n) is 21.2. The number of aromatic amines is 1. The van der Waals surface area contributed by atoms with Crippen molar-refractivity contribution in [2.45, 2.75) is 13.8 Å². The molecule has 1 aromatic heterocycles. The van der Waals surface area contributed by atoms with E-state index in [0.29, 0.717) is 53.7 Å². The molecule has 0 bridgehead atoms. The molecule has 3 aromatic rings. The van der Waals surface area contributed by atoms with Gasteiger partial charge in [-0.05, 0) is 54.8 Å². The number of carbonyl (C=O) groups excluding carboxylic acids is 2. The van der Waals surface area contributed by atoms with Gasteiger partial charge in [0.05, 0.1) is 22.6 Å². The number of H-pyrrole nitrogens is 1. The number of hydrogen-bond acceptors (Lipinski definition) is 5. The molecular formula is C28H29ClN4O4S. The minimum absolute atomic E-state index is 0.158. The Morgan fingerprint density at radius 2 is 1.82 bits per heavy atom. The first-order valence-corrected chi connectivity index (χ1v) is 14.7. The summed E-state index contributed by atoms with van der Waals surface area (Å²) >= 11 is 6.08. The number of carbonyl (C=O) groups is 2. The van der Waals surface area contributed by atoms with Gasteiger partial charge < -0.3 is 15.6 Å². The van der Waals surface area contributed by atoms with Crippen LogP contribution in [0.4, 0.5) is 5.69 Å². The number of anilines is 1. The highest BCUT2D eigenvalue weighted by Gasteiger charge is 2.28. The third kappa shape index (κ3) is 5.27. The van der Waals surface area contributed by atoms with Crippen molar-refractivity contribution in [2.75, 3.05) is 43.0 Å². The van der Waals surface area contributed by atoms with E-state index in [1.165, 1.54) is 0 Å². The monoisotopic (exact) mass is 552 g/mol. The summed E-state index contributed by atoms with van der Waals surface area (Å²) in [4.78, 5) is 31.4. The molecule has 0 saturated carbocycles. The van der Waals surface area contributed by atoms with Crippen LogP contribution in [-0.2, 0) is 14.6 Å². The van der Waals surface area contributed by atoms with Crippen molar-refractivity contribution in [2.24, 2.45) is 0 Å². The van der Waals surface area contributed by atoms with Crippen LogP contribution in [-0.4, -0.2) is 67.8 Å². The highest BCUT2D eigenvalue weighted by molar-refractivity contribution is 7.91. The molecule has 38 heavy (non-hydrogen) atoms. The molecule has 2 aliphatic rings. The van der Waals surface area contributed by atoms with E-state index in [4.69, 9.17) is 11.6 Å². The standard InChI is InChI=1S/C28H29ClN4O4S/c1-17-24(31-18(2)25(17)28(35)30-10-11-33-12-14-38(36,37)15-13-33)16-22-26-21(19-6-8-20(29)9-7-19)4-3-5-23(26)32-27(22)34/h3-9,16,31H,10-15H2,1-2H3,(H,30,35)(H,32,34). The Hall–Kier alpha value is -3.40. The number of aryl methyl sites for hydroxylation is 1. The fraction of sp³-hybridized carbons (Fsp3) is 0.286. The highest BCUT2D eigenvalue weighted by atomic mass is 35.5. The molecule has 0 spiro atoms. The molecule has 3 N–H and O–H groups in total. The van der Waals surface area contributed by atoms with Crippen LogP contribution in [0.5, 0.6) is 0 Å². The van der Waals surface area contributed by atoms with Crippen LogP contribution in [0.2, 0.25) is 5.02 Å². The van der Waals surface area contributed by atoms with E-state index in [0.717, 1.165) is 27.9 Å². The molecule has 0 aliphatic carbocycles. The normalized spacial score (nSPS) is 17.9. The number of rotatable bonds is 6. The van der Waals surface area contributed by atoms with Gasteiger partial charge in [-0.1, -0.05) is 35.9 Å². The number of benzene rings is 2. The molecule has 8 nitrogen and oxygen atoms in total. The van der Waals surface area contributed by atoms with Crippen LogP contribution < -0.4 is 10.6 Å². The fourth-order valence-electron chi connectivity index (χ4n) is 5.05. The number of fused-ring (bicyclic) bond motifs is 1. The summed E-state index contributed by atoms with van der Waals surface area (Å²) in [6.45, 7) is 5.67. The molecule has 2 aromatic carbocycles. The van der Waals surface area contributed by atoms with E-state index < -0.39 is 9.84 Å². The first-order valence-electron chi connectivity index (χ1n) is 12.5. The van der Waals surface area contributed by atoms with Crippen molar-refractivity contribution in [3.05, 3.63) is 75.6 Å². The average molecular weight is 553 g/mol. The first kappa shape index (κ1) is 26.2. The molecule has 3 heterocycles. The lowest BCUT2D eigenvalue weighted by Crippen LogP contribution is -2.43. The Balaban J connectivity index is 1.37. The number of hydrogen-bond donors (Lipinski definition) is 3. The SMILES string of the molecule is Cc1[nH]c(C=C2C(=O)Nc3cccc(-c4ccc(Cl)cc4)c32)c(C)c1C(=O)NCCN1CCS(=O)(=O)CC1. The third-order valence-corrected chi connectivity index (χ3v) is 8.99. The van der Waals surface area contributed by atoms with Gasteiger partial charge in [-0.15, -0.1) is 0 Å². The van der Waals surface area contributed by atoms with Gasteiger partial charge in [0, 0.05) is 53.8 Å². The van der Waals surface area contributed by atoms with E-state index in [9.17, 15) is 18.0 Å². The number of amides is 2. The van der Waals surface area contributed by atoms with Crippen LogP contribution >= 0.6 is 11.6 Å². The average Bonchev–Trinajstić information content (AvgIpc) is 3.35. The van der Waals surface area contributed by atoms with E-state index in [2.05, 4.69) is 15.6 Å². The maximum absolute atomic E-state index is 13.1. The van der Waals surface area contributed by atoms with E-state index >= 15 is 0 Å². The van der Waals surface area contributed by atoms with Crippen LogP contribution in [0.25, 0.3) is 22.8 Å². The number of halogens is 1. The Morgan fingerprint density at radius 1 is 1.11 bits per heavy atom. The fourth-order valence-corrected chi connectivity index (χ4v) is 6.45. The number of sulfone groups is 1. The second kappa shape index (κ2) is 10.4. The van der Waals surface area contributed by atoms with Gasteiger partial charge in [-0.3, -0.25) is 14.5 Å². The molecule has 10 heteroatoms. The molecule has 0 atom stereocenters. The molecule has 1 saturated heterocycles. The summed E-state index contributed by atoms with van der Waals surface area (Å²) in [5.74, 6) is -0.0945. The predicted molar refractivity (Wildman–Crippen MR) is 151 cm³/mol. The zero-order chi connectivity index (χ0) is 27.0. The van der Waals surface area contributed by atoms with Crippen molar-refractivity contribution < 1.29 is 18.0 Å². The summed E-state index contributed by atoms with van der Waals surface area (Å²) in [5.41, 5.74) is 6.61. The van der Waals surface area contributed by atoms with Crippen LogP contribution in [0.3, 0.4) is 0 Å². The minimum atomic E-state index is -2.93. The smallest absolute Gasteiger partial charge is 0.256 e. The van der Waals surface area contributed by atoms with Crippen molar-refractivity contribution in [3.8, 4) is 11.1 Å². The lowest BCUT2D eigenvalue weighted by Gasteiger charge is -2.26. The summed E-state index contributed by atoms with van der Waals surface area (Å²) < 4.78 is 23.2. The number of nitrogens with one attached hydrogen (secondary N) is 3. The number of nitrogens with zero attached hydrogens (tertiary/aromatic N) is 1. The molecule has 2 aliphatic heterocycles. The van der Waals surface area contributed by atoms with Gasteiger partial charge in [0.2, 0.25) is 0 Å². The van der Waals surface area contributed by atoms with Crippen LogP contribution in [0.15, 0.2) is 42.5 Å². The molecule has 5 rings (SSSR count). The second-order valence-electron chi connectivity index (χ2n) is 9.66. The summed E-state index contributed by atoms with van der Waals surface area (Å²) in [5, 5.41) is 6.54. The quantitative estimate of drug-likeness (QED) is 0.402. The van der Waals surface area contributed by atoms with Gasteiger partial charge in [-0.25, -0.2) is 8.42 Å². The summed E-state index contributed by atoms with van der Waals surface area (Å²) in [7, 11) is -2.93. The van der Waals surface area contributed by atoms with Gasteiger partial charge in [-0.2, -0.15) is 0 Å². The Morgan fingerprint density at radius 3 is 2.53 bits per heavy atom. The lowest BCUT2D eigenvalue weighted by molar-refractivity contribution is -0.110. The third-order valence-electron chi connectivity index (χ3n) is 7.12. The maximum Gasteiger partial charge on any atom is 0.256 e. The second-order valence-corrected chi connectivity index (χ2v) is 12.4. The van der Waals surface area contributed by atoms with Crippen molar-refractivity contribution >= 4 is 50.6 Å². The Labute approximate surface area is 227 Å². The molecule has 198 valence electrons. The molecule has 2 amide bonds. The first-order chi connectivity index (χ1) is 18.1. The van der Waals surface area contributed by atoms with Crippen molar-refractivity contribution in [1.29, 1.82) is 0 Å². The summed E-state index contributed by atoms with van der Waals surface area (Å²) in [6, 6.07) is 13.2. The van der Waals surface area contributed by atoms with Crippen LogP contribution in [0.1, 0.15) is 32.9 Å². The predicted octanol–water partition coefficient (Wildman–Crippen LogP) is 3.90. The molecule has 1 fully saturated rings. The van der Waals surface area contributed by atoms with E-state index in [1.807, 2.05) is 61.2 Å². The largest absolute Gasteiger partial charge is 0.358 e. The van der Waals surface area contributed by atoms with Gasteiger partial charge in [0.15, 0.2) is 9.84 Å². The molecule has 0 unspecified atom stereocenters. The topological polar surface area (TPSA) is 111 Å². The van der Waals surface area contributed by atoms with E-state index in [1.54, 1.807) is 6.08 Å². The van der Waals surface area contributed by atoms with Crippen LogP contribution in [0, 0.1) is 13.8 Å². The van der Waals surface area contributed by atoms with Gasteiger partial charge in [0.25, 0.3) is 11.8 Å². The highest BCUT2D eigenvalue weighted by Crippen LogP contribution is 2.41. The molecular weight excluding hydrogens is 524 g/mol. The maximum atomic E-state index is 13.1. The Bertz CT molecular complexity index is 1540. The molecule has 0 radical (unpaired) electrons. The van der Waals surface area contributed by atoms with Gasteiger partial charge in [0.1, 0.15) is 0 Å². The van der Waals surface area contributed by atoms with E-state index in [-0.39, 0.29) is 23.3 Å². The van der Waals surface area contributed by atoms with Gasteiger partial charge >= 0.3 is 0 Å². The minimum Gasteiger partial charge on any atom is -0.358 e. The Kier molecular flexibility index (Phi) is 7.17. The zero-order valence-corrected chi connectivity index (χ0v) is 22.8.